The van der Waals surface area contributed by atoms with Crippen molar-refractivity contribution in [2.24, 2.45) is 0 Å². The van der Waals surface area contributed by atoms with Crippen LogP contribution in [0.4, 0.5) is 5.69 Å². The van der Waals surface area contributed by atoms with E-state index in [1.807, 2.05) is 68.4 Å². The highest BCUT2D eigenvalue weighted by atomic mass is 79.9. The van der Waals surface area contributed by atoms with Crippen LogP contribution in [0.1, 0.15) is 31.4 Å². The Kier molecular flexibility index (Phi) is 11.8. The van der Waals surface area contributed by atoms with Crippen molar-refractivity contribution >= 4 is 43.5 Å². The number of carbonyl (C=O) groups excluding carboxylic acids is 2. The molecular weight excluding hydrogens is 622 g/mol. The van der Waals surface area contributed by atoms with Gasteiger partial charge in [0, 0.05) is 29.5 Å². The van der Waals surface area contributed by atoms with Gasteiger partial charge in [-0.1, -0.05) is 65.3 Å². The molecule has 0 bridgehead atoms. The molecular formula is C31H38BrN3O6S. The molecule has 3 aromatic rings. The first-order valence-corrected chi connectivity index (χ1v) is 16.2. The number of carbonyl (C=O) groups is 2. The van der Waals surface area contributed by atoms with Gasteiger partial charge in [0.05, 0.1) is 26.2 Å². The average molecular weight is 661 g/mol. The van der Waals surface area contributed by atoms with Crippen molar-refractivity contribution in [3.8, 4) is 11.5 Å². The monoisotopic (exact) mass is 659 g/mol. The molecule has 11 heteroatoms. The van der Waals surface area contributed by atoms with E-state index in [1.54, 1.807) is 12.1 Å². The Morgan fingerprint density at radius 2 is 1.62 bits per heavy atom. The lowest BCUT2D eigenvalue weighted by molar-refractivity contribution is -0.140. The minimum Gasteiger partial charge on any atom is -0.497 e. The van der Waals surface area contributed by atoms with E-state index in [9.17, 15) is 18.0 Å². The number of sulfonamides is 1. The Hall–Kier alpha value is -3.57. The van der Waals surface area contributed by atoms with Gasteiger partial charge in [0.25, 0.3) is 0 Å². The van der Waals surface area contributed by atoms with E-state index in [0.29, 0.717) is 12.2 Å². The maximum atomic E-state index is 14.2. The Morgan fingerprint density at radius 1 is 0.952 bits per heavy atom. The predicted octanol–water partition coefficient (Wildman–Crippen LogP) is 4.79. The summed E-state index contributed by atoms with van der Waals surface area (Å²) in [6.45, 7) is 3.40. The van der Waals surface area contributed by atoms with Gasteiger partial charge in [-0.05, 0) is 48.7 Å². The van der Waals surface area contributed by atoms with Gasteiger partial charge in [-0.15, -0.1) is 0 Å². The van der Waals surface area contributed by atoms with Crippen LogP contribution in [0.5, 0.6) is 11.5 Å². The zero-order chi connectivity index (χ0) is 30.9. The number of nitrogens with zero attached hydrogens (tertiary/aromatic N) is 2. The summed E-state index contributed by atoms with van der Waals surface area (Å²) >= 11 is 3.44. The maximum absolute atomic E-state index is 14.2. The number of amides is 2. The molecule has 2 amide bonds. The number of anilines is 1. The van der Waals surface area contributed by atoms with Gasteiger partial charge in [-0.25, -0.2) is 8.42 Å². The van der Waals surface area contributed by atoms with Gasteiger partial charge in [0.1, 0.15) is 24.1 Å². The lowest BCUT2D eigenvalue weighted by Gasteiger charge is -2.34. The first-order valence-electron chi connectivity index (χ1n) is 13.5. The zero-order valence-corrected chi connectivity index (χ0v) is 26.9. The summed E-state index contributed by atoms with van der Waals surface area (Å²) < 4.78 is 38.8. The molecule has 0 aliphatic rings. The van der Waals surface area contributed by atoms with Gasteiger partial charge in [-0.2, -0.15) is 0 Å². The molecule has 0 spiro atoms. The molecule has 0 aliphatic heterocycles. The van der Waals surface area contributed by atoms with Crippen molar-refractivity contribution in [3.63, 3.8) is 0 Å². The molecule has 9 nitrogen and oxygen atoms in total. The van der Waals surface area contributed by atoms with Crippen LogP contribution in [-0.2, 0) is 32.6 Å². The number of nitrogens with one attached hydrogen (secondary N) is 1. The molecule has 0 aromatic heterocycles. The van der Waals surface area contributed by atoms with Crippen LogP contribution in [0, 0.1) is 0 Å². The zero-order valence-electron chi connectivity index (χ0n) is 24.5. The SMILES string of the molecule is CC[C@H](C)NC(=O)[C@@H](Cc1ccccc1)N(Cc1ccc(Br)cc1)C(=O)CN(c1cc(OC)ccc1OC)S(C)(=O)=O. The second-order valence-corrected chi connectivity index (χ2v) is 12.8. The Labute approximate surface area is 257 Å². The Bertz CT molecular complexity index is 1450. The summed E-state index contributed by atoms with van der Waals surface area (Å²) in [7, 11) is -1.08. The van der Waals surface area contributed by atoms with Crippen LogP contribution < -0.4 is 19.1 Å². The largest absolute Gasteiger partial charge is 0.497 e. The number of hydrogen-bond acceptors (Lipinski definition) is 6. The van der Waals surface area contributed by atoms with Gasteiger partial charge >= 0.3 is 0 Å². The lowest BCUT2D eigenvalue weighted by Crippen LogP contribution is -2.54. The van der Waals surface area contributed by atoms with E-state index in [1.165, 1.54) is 25.2 Å². The molecule has 0 saturated carbocycles. The fourth-order valence-corrected chi connectivity index (χ4v) is 5.48. The van der Waals surface area contributed by atoms with E-state index in [2.05, 4.69) is 21.2 Å². The van der Waals surface area contributed by atoms with E-state index in [0.717, 1.165) is 26.2 Å². The van der Waals surface area contributed by atoms with Crippen LogP contribution in [0.25, 0.3) is 0 Å². The smallest absolute Gasteiger partial charge is 0.244 e. The quantitative estimate of drug-likeness (QED) is 0.267. The fourth-order valence-electron chi connectivity index (χ4n) is 4.37. The molecule has 1 N–H and O–H groups in total. The number of benzene rings is 3. The van der Waals surface area contributed by atoms with E-state index in [-0.39, 0.29) is 36.4 Å². The second kappa shape index (κ2) is 15.1. The number of methoxy groups -OCH3 is 2. The molecule has 0 saturated heterocycles. The van der Waals surface area contributed by atoms with E-state index in [4.69, 9.17) is 9.47 Å². The molecule has 42 heavy (non-hydrogen) atoms. The third kappa shape index (κ3) is 8.96. The fraction of sp³-hybridized carbons (Fsp3) is 0.355. The van der Waals surface area contributed by atoms with Crippen molar-refractivity contribution in [2.45, 2.75) is 45.3 Å². The van der Waals surface area contributed by atoms with Gasteiger partial charge in [0.2, 0.25) is 21.8 Å². The predicted molar refractivity (Wildman–Crippen MR) is 168 cm³/mol. The molecule has 0 aliphatic carbocycles. The van der Waals surface area contributed by atoms with Gasteiger partial charge in [-0.3, -0.25) is 13.9 Å². The molecule has 2 atom stereocenters. The Balaban J connectivity index is 2.11. The normalized spacial score (nSPS) is 12.6. The summed E-state index contributed by atoms with van der Waals surface area (Å²) in [5.74, 6) is -0.214. The van der Waals surface area contributed by atoms with Crippen LogP contribution in [0.15, 0.2) is 77.3 Å². The van der Waals surface area contributed by atoms with E-state index < -0.39 is 28.5 Å². The number of rotatable bonds is 14. The highest BCUT2D eigenvalue weighted by molar-refractivity contribution is 9.10. The third-order valence-electron chi connectivity index (χ3n) is 6.87. The molecule has 0 fully saturated rings. The van der Waals surface area contributed by atoms with E-state index >= 15 is 0 Å². The average Bonchev–Trinajstić information content (AvgIpc) is 2.97. The van der Waals surface area contributed by atoms with Gasteiger partial charge in [0.15, 0.2) is 0 Å². The first-order chi connectivity index (χ1) is 20.0. The van der Waals surface area contributed by atoms with Crippen molar-refractivity contribution in [1.82, 2.24) is 10.2 Å². The van der Waals surface area contributed by atoms with Gasteiger partial charge < -0.3 is 19.7 Å². The molecule has 0 heterocycles. The number of hydrogen-bond donors (Lipinski definition) is 1. The highest BCUT2D eigenvalue weighted by Crippen LogP contribution is 2.34. The first kappa shape index (κ1) is 32.9. The molecule has 226 valence electrons. The molecule has 0 radical (unpaired) electrons. The summed E-state index contributed by atoms with van der Waals surface area (Å²) in [4.78, 5) is 29.5. The van der Waals surface area contributed by atoms with Crippen LogP contribution in [0.3, 0.4) is 0 Å². The summed E-state index contributed by atoms with van der Waals surface area (Å²) in [5.41, 5.74) is 1.80. The topological polar surface area (TPSA) is 105 Å². The molecule has 3 aromatic carbocycles. The van der Waals surface area contributed by atoms with Crippen molar-refractivity contribution < 1.29 is 27.5 Å². The number of ether oxygens (including phenoxy) is 2. The summed E-state index contributed by atoms with van der Waals surface area (Å²) in [5, 5.41) is 3.02. The lowest BCUT2D eigenvalue weighted by atomic mass is 10.0. The molecule has 3 rings (SSSR count). The van der Waals surface area contributed by atoms with Crippen molar-refractivity contribution in [3.05, 3.63) is 88.4 Å². The molecule has 0 unspecified atom stereocenters. The van der Waals surface area contributed by atoms with Crippen LogP contribution >= 0.6 is 15.9 Å². The third-order valence-corrected chi connectivity index (χ3v) is 8.53. The minimum atomic E-state index is -3.97. The van der Waals surface area contributed by atoms with Crippen molar-refractivity contribution in [1.29, 1.82) is 0 Å². The Morgan fingerprint density at radius 3 is 2.19 bits per heavy atom. The maximum Gasteiger partial charge on any atom is 0.244 e. The minimum absolute atomic E-state index is 0.0877. The number of halogens is 1. The van der Waals surface area contributed by atoms with Crippen LogP contribution in [0.2, 0.25) is 0 Å². The van der Waals surface area contributed by atoms with Crippen molar-refractivity contribution in [2.75, 3.05) is 31.3 Å². The summed E-state index contributed by atoms with van der Waals surface area (Å²) in [6.07, 6.45) is 1.98. The standard InChI is InChI=1S/C31H38BrN3O6S/c1-6-22(2)33-31(37)28(18-23-10-8-7-9-11-23)34(20-24-12-14-25(32)15-13-24)30(36)21-35(42(5,38)39)27-19-26(40-3)16-17-29(27)41-4/h7-17,19,22,28H,6,18,20-21H2,1-5H3,(H,33,37)/t22-,28+/m0/s1. The highest BCUT2D eigenvalue weighted by Gasteiger charge is 2.34. The second-order valence-electron chi connectivity index (χ2n) is 9.98. The summed E-state index contributed by atoms with van der Waals surface area (Å²) in [6, 6.07) is 20.5. The van der Waals surface area contributed by atoms with Crippen LogP contribution in [-0.4, -0.2) is 64.2 Å².